The Morgan fingerprint density at radius 1 is 1.15 bits per heavy atom. The third-order valence-corrected chi connectivity index (χ3v) is 2.86. The highest BCUT2D eigenvalue weighted by atomic mass is 16.5. The number of pyridine rings is 1. The van der Waals surface area contributed by atoms with Gasteiger partial charge in [0.1, 0.15) is 19.0 Å². The molecule has 1 aromatic carbocycles. The number of ether oxygens (including phenoxy) is 1. The third-order valence-electron chi connectivity index (χ3n) is 2.86. The first kappa shape index (κ1) is 14.1. The Kier molecular flexibility index (Phi) is 5.16. The number of hydrogen-bond acceptors (Lipinski definition) is 3. The minimum atomic E-state index is -0.158. The molecule has 1 N–H and O–H groups in total. The summed E-state index contributed by atoms with van der Waals surface area (Å²) < 4.78 is 5.69. The van der Waals surface area contributed by atoms with Gasteiger partial charge in [-0.2, -0.15) is 0 Å². The van der Waals surface area contributed by atoms with Crippen LogP contribution in [0.3, 0.4) is 0 Å². The van der Waals surface area contributed by atoms with Crippen LogP contribution in [0.4, 0.5) is 0 Å². The number of aliphatic hydroxyl groups excluding tert-OH is 1. The maximum Gasteiger partial charge on any atom is 0.139 e. The lowest BCUT2D eigenvalue weighted by atomic mass is 10.1. The van der Waals surface area contributed by atoms with Crippen molar-refractivity contribution in [2.45, 2.75) is 20.0 Å². The Labute approximate surface area is 119 Å². The Balaban J connectivity index is 1.99. The number of aryl methyl sites for hydroxylation is 1. The van der Waals surface area contributed by atoms with E-state index >= 15 is 0 Å². The summed E-state index contributed by atoms with van der Waals surface area (Å²) in [5.74, 6) is 6.07. The third kappa shape index (κ3) is 4.11. The maximum absolute atomic E-state index is 8.67. The molecule has 2 rings (SSSR count). The summed E-state index contributed by atoms with van der Waals surface area (Å²) >= 11 is 0. The smallest absolute Gasteiger partial charge is 0.139 e. The van der Waals surface area contributed by atoms with Crippen LogP contribution >= 0.6 is 0 Å². The van der Waals surface area contributed by atoms with E-state index in [0.717, 1.165) is 17.5 Å². The fourth-order valence-electron chi connectivity index (χ4n) is 1.75. The summed E-state index contributed by atoms with van der Waals surface area (Å²) in [6.45, 7) is 2.48. The molecule has 0 fully saturated rings. The lowest BCUT2D eigenvalue weighted by Gasteiger charge is -2.06. The van der Waals surface area contributed by atoms with E-state index in [0.29, 0.717) is 12.4 Å². The monoisotopic (exact) mass is 267 g/mol. The average Bonchev–Trinajstić information content (AvgIpc) is 2.52. The minimum absolute atomic E-state index is 0.158. The largest absolute Gasteiger partial charge is 0.487 e. The number of aliphatic hydroxyl groups is 1. The number of nitrogens with zero attached hydrogens (tertiary/aromatic N) is 1. The Morgan fingerprint density at radius 3 is 2.60 bits per heavy atom. The van der Waals surface area contributed by atoms with Crippen molar-refractivity contribution >= 4 is 0 Å². The second-order valence-electron chi connectivity index (χ2n) is 4.33. The van der Waals surface area contributed by atoms with E-state index in [9.17, 15) is 0 Å². The number of hydrogen-bond donors (Lipinski definition) is 1. The van der Waals surface area contributed by atoms with Crippen molar-refractivity contribution in [3.05, 3.63) is 59.4 Å². The molecule has 0 amide bonds. The molecule has 102 valence electrons. The Morgan fingerprint density at radius 2 is 1.90 bits per heavy atom. The normalized spacial score (nSPS) is 9.70. The van der Waals surface area contributed by atoms with Crippen LogP contribution in [0.1, 0.15) is 23.6 Å². The first-order chi connectivity index (χ1) is 9.81. The quantitative estimate of drug-likeness (QED) is 0.866. The van der Waals surface area contributed by atoms with Gasteiger partial charge in [-0.05, 0) is 23.6 Å². The van der Waals surface area contributed by atoms with Crippen LogP contribution in [0, 0.1) is 11.8 Å². The molecule has 1 aromatic heterocycles. The zero-order valence-corrected chi connectivity index (χ0v) is 11.5. The molecule has 0 unspecified atom stereocenters. The first-order valence-electron chi connectivity index (χ1n) is 6.57. The lowest BCUT2D eigenvalue weighted by molar-refractivity contribution is 0.305. The van der Waals surface area contributed by atoms with Gasteiger partial charge in [0.25, 0.3) is 0 Å². The zero-order chi connectivity index (χ0) is 14.2. The maximum atomic E-state index is 8.67. The van der Waals surface area contributed by atoms with Crippen molar-refractivity contribution in [3.8, 4) is 17.6 Å². The van der Waals surface area contributed by atoms with E-state index in [1.54, 1.807) is 12.4 Å². The summed E-state index contributed by atoms with van der Waals surface area (Å²) in [5.41, 5.74) is 3.17. The highest BCUT2D eigenvalue weighted by molar-refractivity contribution is 5.36. The fourth-order valence-corrected chi connectivity index (χ4v) is 1.75. The van der Waals surface area contributed by atoms with Gasteiger partial charge in [0.2, 0.25) is 0 Å². The molecule has 0 radical (unpaired) electrons. The molecule has 0 bridgehead atoms. The first-order valence-corrected chi connectivity index (χ1v) is 6.57. The van der Waals surface area contributed by atoms with Crippen LogP contribution in [-0.4, -0.2) is 16.7 Å². The molecule has 1 heterocycles. The minimum Gasteiger partial charge on any atom is -0.487 e. The van der Waals surface area contributed by atoms with Gasteiger partial charge in [-0.3, -0.25) is 4.98 Å². The second kappa shape index (κ2) is 7.32. The summed E-state index contributed by atoms with van der Waals surface area (Å²) in [6.07, 6.45) is 4.34. The van der Waals surface area contributed by atoms with Crippen molar-refractivity contribution in [3.63, 3.8) is 0 Å². The van der Waals surface area contributed by atoms with Crippen LogP contribution in [0.25, 0.3) is 0 Å². The molecule has 0 aliphatic rings. The predicted molar refractivity (Wildman–Crippen MR) is 78.4 cm³/mol. The molecule has 3 heteroatoms. The molecular formula is C17H17NO2. The van der Waals surface area contributed by atoms with Crippen molar-refractivity contribution in [1.82, 2.24) is 4.98 Å². The molecule has 0 aliphatic heterocycles. The molecule has 0 aliphatic carbocycles. The number of aromatic nitrogens is 1. The summed E-state index contributed by atoms with van der Waals surface area (Å²) in [7, 11) is 0. The van der Waals surface area contributed by atoms with Gasteiger partial charge in [0, 0.05) is 11.8 Å². The van der Waals surface area contributed by atoms with Crippen LogP contribution in [0.5, 0.6) is 5.75 Å². The van der Waals surface area contributed by atoms with Crippen molar-refractivity contribution in [2.75, 3.05) is 6.61 Å². The molecule has 0 atom stereocenters. The van der Waals surface area contributed by atoms with E-state index < -0.39 is 0 Å². The van der Waals surface area contributed by atoms with Gasteiger partial charge < -0.3 is 9.84 Å². The number of rotatable bonds is 4. The molecular weight excluding hydrogens is 250 g/mol. The molecule has 2 aromatic rings. The van der Waals surface area contributed by atoms with E-state index in [1.165, 1.54) is 5.56 Å². The Hall–Kier alpha value is -2.31. The highest BCUT2D eigenvalue weighted by Gasteiger charge is 1.98. The molecule has 0 saturated carbocycles. The highest BCUT2D eigenvalue weighted by Crippen LogP contribution is 2.13. The van der Waals surface area contributed by atoms with Crippen molar-refractivity contribution in [2.24, 2.45) is 0 Å². The average molecular weight is 267 g/mol. The van der Waals surface area contributed by atoms with Crippen LogP contribution in [0.15, 0.2) is 42.7 Å². The summed E-state index contributed by atoms with van der Waals surface area (Å²) in [6, 6.07) is 10.2. The second-order valence-corrected chi connectivity index (χ2v) is 4.33. The topological polar surface area (TPSA) is 42.4 Å². The lowest BCUT2D eigenvalue weighted by Crippen LogP contribution is -1.96. The van der Waals surface area contributed by atoms with E-state index in [2.05, 4.69) is 48.0 Å². The van der Waals surface area contributed by atoms with Crippen molar-refractivity contribution < 1.29 is 9.84 Å². The standard InChI is InChI=1S/C17H17NO2/c1-2-14-5-7-15(8-6-14)13-20-17-10-16(4-3-9-19)11-18-12-17/h5-8,10-12,19H,2,9,13H2,1H3. The number of benzene rings is 1. The van der Waals surface area contributed by atoms with Crippen LogP contribution in [-0.2, 0) is 13.0 Å². The Bertz CT molecular complexity index is 609. The SMILES string of the molecule is CCc1ccc(COc2cncc(C#CCO)c2)cc1. The van der Waals surface area contributed by atoms with Gasteiger partial charge in [0.05, 0.1) is 6.20 Å². The van der Waals surface area contributed by atoms with Crippen LogP contribution in [0.2, 0.25) is 0 Å². The molecule has 3 nitrogen and oxygen atoms in total. The van der Waals surface area contributed by atoms with Gasteiger partial charge in [-0.15, -0.1) is 0 Å². The van der Waals surface area contributed by atoms with E-state index in [4.69, 9.17) is 9.84 Å². The van der Waals surface area contributed by atoms with Gasteiger partial charge in [-0.25, -0.2) is 0 Å². The molecule has 20 heavy (non-hydrogen) atoms. The van der Waals surface area contributed by atoms with Crippen LogP contribution < -0.4 is 4.74 Å². The van der Waals surface area contributed by atoms with E-state index in [-0.39, 0.29) is 6.61 Å². The predicted octanol–water partition coefficient (Wildman–Crippen LogP) is 2.57. The zero-order valence-electron chi connectivity index (χ0n) is 11.5. The molecule has 0 spiro atoms. The van der Waals surface area contributed by atoms with Gasteiger partial charge >= 0.3 is 0 Å². The van der Waals surface area contributed by atoms with Crippen molar-refractivity contribution in [1.29, 1.82) is 0 Å². The van der Waals surface area contributed by atoms with E-state index in [1.807, 2.05) is 6.07 Å². The van der Waals surface area contributed by atoms with Gasteiger partial charge in [-0.1, -0.05) is 43.0 Å². The fraction of sp³-hybridized carbons (Fsp3) is 0.235. The summed E-state index contributed by atoms with van der Waals surface area (Å²) in [4.78, 5) is 4.07. The summed E-state index contributed by atoms with van der Waals surface area (Å²) in [5, 5.41) is 8.67. The van der Waals surface area contributed by atoms with Gasteiger partial charge in [0.15, 0.2) is 0 Å². The molecule has 0 saturated heterocycles.